The van der Waals surface area contributed by atoms with Crippen LogP contribution in [0, 0.1) is 0 Å². The lowest BCUT2D eigenvalue weighted by atomic mass is 10.1. The van der Waals surface area contributed by atoms with Gasteiger partial charge in [-0.3, -0.25) is 9.36 Å². The van der Waals surface area contributed by atoms with Gasteiger partial charge in [-0.15, -0.1) is 0 Å². The maximum atomic E-state index is 12.9. The number of aliphatic hydroxyl groups is 1. The molecule has 126 valence electrons. The van der Waals surface area contributed by atoms with Crippen LogP contribution in [-0.2, 0) is 0 Å². The van der Waals surface area contributed by atoms with Crippen LogP contribution in [-0.4, -0.2) is 35.0 Å². The van der Waals surface area contributed by atoms with Gasteiger partial charge in [0, 0.05) is 21.9 Å². The topological polar surface area (TPSA) is 93.8 Å². The van der Waals surface area contributed by atoms with Crippen molar-refractivity contribution in [3.05, 3.63) is 45.9 Å². The van der Waals surface area contributed by atoms with Crippen LogP contribution in [0.5, 0.6) is 0 Å². The molecule has 0 aliphatic rings. The van der Waals surface area contributed by atoms with E-state index in [1.54, 1.807) is 25.4 Å². The van der Waals surface area contributed by atoms with E-state index in [0.29, 0.717) is 22.3 Å². The highest BCUT2D eigenvalue weighted by Crippen LogP contribution is 2.29. The minimum atomic E-state index is -0.352. The summed E-state index contributed by atoms with van der Waals surface area (Å²) in [4.78, 5) is 22.1. The SMILES string of the molecule is CC(CO)n1cnc2c(-c3cnsc3)nc(-c3cnsc3)cc2c1=O. The normalized spacial score (nSPS) is 12.6. The molecule has 0 saturated heterocycles. The van der Waals surface area contributed by atoms with Crippen molar-refractivity contribution in [1.82, 2.24) is 23.3 Å². The number of aromatic nitrogens is 5. The number of rotatable bonds is 4. The Balaban J connectivity index is 2.06. The molecular weight excluding hydrogens is 358 g/mol. The molecule has 25 heavy (non-hydrogen) atoms. The summed E-state index contributed by atoms with van der Waals surface area (Å²) in [6.45, 7) is 1.63. The van der Waals surface area contributed by atoms with Crippen LogP contribution in [0.1, 0.15) is 13.0 Å². The fourth-order valence-electron chi connectivity index (χ4n) is 2.55. The first-order valence-electron chi connectivity index (χ1n) is 7.51. The number of pyridine rings is 1. The third-order valence-electron chi connectivity index (χ3n) is 3.94. The molecule has 4 rings (SSSR count). The minimum absolute atomic E-state index is 0.138. The van der Waals surface area contributed by atoms with Crippen molar-refractivity contribution in [2.75, 3.05) is 6.61 Å². The summed E-state index contributed by atoms with van der Waals surface area (Å²) in [6.07, 6.45) is 4.90. The summed E-state index contributed by atoms with van der Waals surface area (Å²) < 4.78 is 9.68. The van der Waals surface area contributed by atoms with E-state index in [1.807, 2.05) is 10.8 Å². The zero-order chi connectivity index (χ0) is 17.4. The third kappa shape index (κ3) is 2.76. The van der Waals surface area contributed by atoms with Gasteiger partial charge in [0.1, 0.15) is 5.52 Å². The lowest BCUT2D eigenvalue weighted by Crippen LogP contribution is -2.25. The summed E-state index contributed by atoms with van der Waals surface area (Å²) in [5.41, 5.74) is 3.27. The number of nitrogens with zero attached hydrogens (tertiary/aromatic N) is 5. The predicted molar refractivity (Wildman–Crippen MR) is 97.8 cm³/mol. The van der Waals surface area contributed by atoms with Crippen LogP contribution in [0.4, 0.5) is 0 Å². The summed E-state index contributed by atoms with van der Waals surface area (Å²) in [5.74, 6) is 0. The highest BCUT2D eigenvalue weighted by atomic mass is 32.1. The van der Waals surface area contributed by atoms with Crippen molar-refractivity contribution in [3.63, 3.8) is 0 Å². The van der Waals surface area contributed by atoms with Gasteiger partial charge in [0.15, 0.2) is 0 Å². The quantitative estimate of drug-likeness (QED) is 0.593. The molecule has 4 heterocycles. The van der Waals surface area contributed by atoms with E-state index in [2.05, 4.69) is 13.7 Å². The Hall–Kier alpha value is -2.49. The van der Waals surface area contributed by atoms with Crippen molar-refractivity contribution in [3.8, 4) is 22.5 Å². The minimum Gasteiger partial charge on any atom is -0.394 e. The van der Waals surface area contributed by atoms with Gasteiger partial charge in [-0.2, -0.15) is 0 Å². The second kappa shape index (κ2) is 6.43. The van der Waals surface area contributed by atoms with Crippen molar-refractivity contribution in [2.24, 2.45) is 0 Å². The molecule has 1 N–H and O–H groups in total. The first-order valence-corrected chi connectivity index (χ1v) is 9.18. The molecule has 0 saturated carbocycles. The average Bonchev–Trinajstić information content (AvgIpc) is 3.34. The van der Waals surface area contributed by atoms with Gasteiger partial charge in [0.25, 0.3) is 5.56 Å². The second-order valence-corrected chi connectivity index (χ2v) is 6.88. The lowest BCUT2D eigenvalue weighted by Gasteiger charge is -2.13. The van der Waals surface area contributed by atoms with Gasteiger partial charge < -0.3 is 5.11 Å². The van der Waals surface area contributed by atoms with E-state index in [0.717, 1.165) is 11.1 Å². The molecule has 0 bridgehead atoms. The molecule has 0 aromatic carbocycles. The van der Waals surface area contributed by atoms with E-state index >= 15 is 0 Å². The Morgan fingerprint density at radius 1 is 1.20 bits per heavy atom. The van der Waals surface area contributed by atoms with Gasteiger partial charge >= 0.3 is 0 Å². The second-order valence-electron chi connectivity index (χ2n) is 5.57. The summed E-state index contributed by atoms with van der Waals surface area (Å²) >= 11 is 2.64. The molecule has 9 heteroatoms. The van der Waals surface area contributed by atoms with Crippen molar-refractivity contribution in [1.29, 1.82) is 0 Å². The predicted octanol–water partition coefficient (Wildman–Crippen LogP) is 2.59. The molecule has 4 aromatic rings. The van der Waals surface area contributed by atoms with Crippen LogP contribution in [0.25, 0.3) is 33.4 Å². The van der Waals surface area contributed by atoms with E-state index < -0.39 is 0 Å². The van der Waals surface area contributed by atoms with Crippen LogP contribution >= 0.6 is 23.1 Å². The zero-order valence-corrected chi connectivity index (χ0v) is 14.8. The van der Waals surface area contributed by atoms with Crippen LogP contribution in [0.2, 0.25) is 0 Å². The maximum Gasteiger partial charge on any atom is 0.261 e. The molecule has 0 fully saturated rings. The Morgan fingerprint density at radius 3 is 2.56 bits per heavy atom. The number of aliphatic hydroxyl groups excluding tert-OH is 1. The number of hydrogen-bond donors (Lipinski definition) is 1. The summed E-state index contributed by atoms with van der Waals surface area (Å²) in [7, 11) is 0. The fraction of sp³-hybridized carbons (Fsp3) is 0.188. The molecule has 0 amide bonds. The van der Waals surface area contributed by atoms with Crippen molar-refractivity contribution < 1.29 is 5.11 Å². The third-order valence-corrected chi connectivity index (χ3v) is 5.11. The highest BCUT2D eigenvalue weighted by Gasteiger charge is 2.17. The molecule has 0 spiro atoms. The van der Waals surface area contributed by atoms with Crippen LogP contribution in [0.3, 0.4) is 0 Å². The van der Waals surface area contributed by atoms with Crippen LogP contribution < -0.4 is 5.56 Å². The highest BCUT2D eigenvalue weighted by molar-refractivity contribution is 7.04. The first-order chi connectivity index (χ1) is 12.2. The maximum absolute atomic E-state index is 12.9. The largest absolute Gasteiger partial charge is 0.394 e. The van der Waals surface area contributed by atoms with E-state index in [-0.39, 0.29) is 18.2 Å². The number of hydrogen-bond acceptors (Lipinski definition) is 8. The number of fused-ring (bicyclic) bond motifs is 1. The zero-order valence-electron chi connectivity index (χ0n) is 13.2. The average molecular weight is 371 g/mol. The van der Waals surface area contributed by atoms with Gasteiger partial charge in [0.05, 0.1) is 48.1 Å². The molecule has 0 radical (unpaired) electrons. The standard InChI is InChI=1S/C16H13N5O2S2/c1-9(5-22)21-8-17-15-12(16(21)23)2-13(10-3-18-24-6-10)20-14(15)11-4-19-25-7-11/h2-4,6-9,22H,5H2,1H3. The van der Waals surface area contributed by atoms with E-state index in [9.17, 15) is 9.90 Å². The molecule has 0 aliphatic heterocycles. The molecule has 7 nitrogen and oxygen atoms in total. The Kier molecular flexibility index (Phi) is 4.12. The van der Waals surface area contributed by atoms with Gasteiger partial charge in [-0.25, -0.2) is 18.7 Å². The van der Waals surface area contributed by atoms with E-state index in [1.165, 1.54) is 34.0 Å². The monoisotopic (exact) mass is 371 g/mol. The smallest absolute Gasteiger partial charge is 0.261 e. The van der Waals surface area contributed by atoms with Gasteiger partial charge in [0.2, 0.25) is 0 Å². The molecule has 1 unspecified atom stereocenters. The first kappa shape index (κ1) is 16.0. The van der Waals surface area contributed by atoms with Crippen molar-refractivity contribution in [2.45, 2.75) is 13.0 Å². The van der Waals surface area contributed by atoms with Crippen molar-refractivity contribution >= 4 is 34.0 Å². The molecular formula is C16H13N5O2S2. The molecule has 1 atom stereocenters. The summed E-state index contributed by atoms with van der Waals surface area (Å²) in [5, 5.41) is 13.6. The lowest BCUT2D eigenvalue weighted by molar-refractivity contribution is 0.236. The Bertz CT molecular complexity index is 1070. The van der Waals surface area contributed by atoms with E-state index in [4.69, 9.17) is 4.98 Å². The van der Waals surface area contributed by atoms with Crippen LogP contribution in [0.15, 0.2) is 40.3 Å². The summed E-state index contributed by atoms with van der Waals surface area (Å²) in [6, 6.07) is 1.38. The van der Waals surface area contributed by atoms with Gasteiger partial charge in [-0.05, 0) is 36.1 Å². The Morgan fingerprint density at radius 2 is 1.92 bits per heavy atom. The molecule has 4 aromatic heterocycles. The fourth-order valence-corrected chi connectivity index (χ4v) is 3.60. The molecule has 0 aliphatic carbocycles. The Labute approximate surface area is 150 Å². The van der Waals surface area contributed by atoms with Gasteiger partial charge in [-0.1, -0.05) is 0 Å².